The zero-order chi connectivity index (χ0) is 17.4. The molecule has 2 aromatic rings. The van der Waals surface area contributed by atoms with Crippen molar-refractivity contribution in [2.24, 2.45) is 0 Å². The van der Waals surface area contributed by atoms with Gasteiger partial charge in [-0.3, -0.25) is 9.59 Å². The van der Waals surface area contributed by atoms with Crippen LogP contribution in [0.1, 0.15) is 29.1 Å². The van der Waals surface area contributed by atoms with Crippen LogP contribution in [0, 0.1) is 0 Å². The molecule has 0 bridgehead atoms. The van der Waals surface area contributed by atoms with Crippen molar-refractivity contribution in [2.75, 3.05) is 19.7 Å². The zero-order valence-corrected chi connectivity index (χ0v) is 14.8. The number of carbonyl (C=O) groups excluding carboxylic acids is 2. The van der Waals surface area contributed by atoms with Crippen molar-refractivity contribution in [2.45, 2.75) is 20.4 Å². The lowest BCUT2D eigenvalue weighted by molar-refractivity contribution is -0.130. The second kappa shape index (κ2) is 9.08. The minimum absolute atomic E-state index is 0.0293. The first-order valence-corrected chi connectivity index (χ1v) is 8.83. The van der Waals surface area contributed by atoms with E-state index in [4.69, 9.17) is 4.74 Å². The molecule has 0 aliphatic heterocycles. The molecule has 0 fully saturated rings. The Morgan fingerprint density at radius 2 is 1.96 bits per heavy atom. The molecular formula is C18H22N2O3S. The number of rotatable bonds is 8. The lowest BCUT2D eigenvalue weighted by atomic mass is 10.2. The molecule has 0 aliphatic rings. The quantitative estimate of drug-likeness (QED) is 0.799. The normalized spacial score (nSPS) is 10.2. The van der Waals surface area contributed by atoms with Gasteiger partial charge >= 0.3 is 0 Å². The number of nitrogens with zero attached hydrogens (tertiary/aromatic N) is 1. The Labute approximate surface area is 146 Å². The number of benzene rings is 1. The topological polar surface area (TPSA) is 58.6 Å². The van der Waals surface area contributed by atoms with Crippen molar-refractivity contribution in [1.29, 1.82) is 0 Å². The maximum Gasteiger partial charge on any atom is 0.255 e. The van der Waals surface area contributed by atoms with Crippen molar-refractivity contribution in [3.8, 4) is 5.75 Å². The van der Waals surface area contributed by atoms with Crippen molar-refractivity contribution in [1.82, 2.24) is 10.2 Å². The minimum atomic E-state index is -0.306. The largest absolute Gasteiger partial charge is 0.493 e. The lowest BCUT2D eigenvalue weighted by Crippen LogP contribution is -2.39. The second-order valence-corrected chi connectivity index (χ2v) is 6.13. The van der Waals surface area contributed by atoms with E-state index in [0.29, 0.717) is 31.0 Å². The van der Waals surface area contributed by atoms with Crippen LogP contribution < -0.4 is 10.1 Å². The highest BCUT2D eigenvalue weighted by atomic mass is 32.1. The molecule has 0 saturated carbocycles. The van der Waals surface area contributed by atoms with Crippen LogP contribution in [0.5, 0.6) is 5.75 Å². The molecule has 0 radical (unpaired) electrons. The summed E-state index contributed by atoms with van der Waals surface area (Å²) in [5, 5.41) is 4.67. The van der Waals surface area contributed by atoms with Gasteiger partial charge in [0.25, 0.3) is 5.91 Å². The van der Waals surface area contributed by atoms with Gasteiger partial charge in [-0.05, 0) is 37.4 Å². The standard InChI is InChI=1S/C18H22N2O3S/c1-3-20(13-14-8-7-11-24-14)17(21)12-19-18(22)15-9-5-6-10-16(15)23-4-2/h5-11H,3-4,12-13H2,1-2H3,(H,19,22). The molecule has 5 nitrogen and oxygen atoms in total. The summed E-state index contributed by atoms with van der Waals surface area (Å²) < 4.78 is 5.45. The Hall–Kier alpha value is -2.34. The number of hydrogen-bond donors (Lipinski definition) is 1. The Kier molecular flexibility index (Phi) is 6.81. The van der Waals surface area contributed by atoms with Gasteiger partial charge in [-0.25, -0.2) is 0 Å². The summed E-state index contributed by atoms with van der Waals surface area (Å²) in [7, 11) is 0. The first-order chi connectivity index (χ1) is 11.7. The van der Waals surface area contributed by atoms with Gasteiger partial charge in [0.2, 0.25) is 5.91 Å². The third kappa shape index (κ3) is 4.83. The highest BCUT2D eigenvalue weighted by Gasteiger charge is 2.16. The smallest absolute Gasteiger partial charge is 0.255 e. The molecular weight excluding hydrogens is 324 g/mol. The Morgan fingerprint density at radius 1 is 1.17 bits per heavy atom. The average molecular weight is 346 g/mol. The number of ether oxygens (including phenoxy) is 1. The summed E-state index contributed by atoms with van der Waals surface area (Å²) in [6, 6.07) is 11.0. The van der Waals surface area contributed by atoms with Crippen molar-refractivity contribution < 1.29 is 14.3 Å². The number of thiophene rings is 1. The van der Waals surface area contributed by atoms with Gasteiger partial charge in [0, 0.05) is 11.4 Å². The highest BCUT2D eigenvalue weighted by Crippen LogP contribution is 2.17. The summed E-state index contributed by atoms with van der Waals surface area (Å²) in [4.78, 5) is 27.5. The van der Waals surface area contributed by atoms with Crippen LogP contribution >= 0.6 is 11.3 Å². The number of hydrogen-bond acceptors (Lipinski definition) is 4. The number of amides is 2. The maximum atomic E-state index is 12.3. The molecule has 0 saturated heterocycles. The fraction of sp³-hybridized carbons (Fsp3) is 0.333. The predicted molar refractivity (Wildman–Crippen MR) is 95.4 cm³/mol. The Morgan fingerprint density at radius 3 is 2.62 bits per heavy atom. The zero-order valence-electron chi connectivity index (χ0n) is 14.0. The fourth-order valence-electron chi connectivity index (χ4n) is 2.27. The first-order valence-electron chi connectivity index (χ1n) is 7.95. The van der Waals surface area contributed by atoms with Gasteiger partial charge in [0.15, 0.2) is 0 Å². The van der Waals surface area contributed by atoms with Crippen LogP contribution in [0.15, 0.2) is 41.8 Å². The van der Waals surface area contributed by atoms with Gasteiger partial charge in [-0.15, -0.1) is 11.3 Å². The second-order valence-electron chi connectivity index (χ2n) is 5.10. The summed E-state index contributed by atoms with van der Waals surface area (Å²) in [6.45, 7) is 5.41. The number of nitrogens with one attached hydrogen (secondary N) is 1. The van der Waals surface area contributed by atoms with E-state index in [9.17, 15) is 9.59 Å². The molecule has 2 amide bonds. The molecule has 24 heavy (non-hydrogen) atoms. The van der Waals surface area contributed by atoms with Gasteiger partial charge in [-0.1, -0.05) is 18.2 Å². The minimum Gasteiger partial charge on any atom is -0.493 e. The number of carbonyl (C=O) groups is 2. The molecule has 0 unspecified atom stereocenters. The molecule has 1 aromatic heterocycles. The van der Waals surface area contributed by atoms with Gasteiger partial charge in [-0.2, -0.15) is 0 Å². The van der Waals surface area contributed by atoms with E-state index in [2.05, 4.69) is 5.32 Å². The first kappa shape index (κ1) is 18.0. The van der Waals surface area contributed by atoms with E-state index >= 15 is 0 Å². The predicted octanol–water partition coefficient (Wildman–Crippen LogP) is 2.93. The summed E-state index contributed by atoms with van der Waals surface area (Å²) >= 11 is 1.61. The molecule has 1 heterocycles. The van der Waals surface area contributed by atoms with E-state index in [1.165, 1.54) is 0 Å². The highest BCUT2D eigenvalue weighted by molar-refractivity contribution is 7.09. The van der Waals surface area contributed by atoms with Crippen LogP contribution in [-0.4, -0.2) is 36.4 Å². The molecule has 0 atom stereocenters. The molecule has 0 aliphatic carbocycles. The van der Waals surface area contributed by atoms with Crippen LogP contribution in [0.3, 0.4) is 0 Å². The van der Waals surface area contributed by atoms with E-state index in [-0.39, 0.29) is 18.4 Å². The third-order valence-electron chi connectivity index (χ3n) is 3.49. The van der Waals surface area contributed by atoms with E-state index < -0.39 is 0 Å². The molecule has 128 valence electrons. The van der Waals surface area contributed by atoms with Crippen molar-refractivity contribution in [3.63, 3.8) is 0 Å². The summed E-state index contributed by atoms with van der Waals surface area (Å²) in [6.07, 6.45) is 0. The van der Waals surface area contributed by atoms with Gasteiger partial charge in [0.05, 0.1) is 25.3 Å². The fourth-order valence-corrected chi connectivity index (χ4v) is 2.98. The Balaban J connectivity index is 1.94. The van der Waals surface area contributed by atoms with Crippen LogP contribution in [0.25, 0.3) is 0 Å². The van der Waals surface area contributed by atoms with E-state index in [1.807, 2.05) is 37.4 Å². The average Bonchev–Trinajstić information content (AvgIpc) is 3.11. The third-order valence-corrected chi connectivity index (χ3v) is 4.35. The van der Waals surface area contributed by atoms with Crippen LogP contribution in [-0.2, 0) is 11.3 Å². The van der Waals surface area contributed by atoms with Crippen LogP contribution in [0.4, 0.5) is 0 Å². The van der Waals surface area contributed by atoms with Crippen molar-refractivity contribution in [3.05, 3.63) is 52.2 Å². The molecule has 0 spiro atoms. The number of para-hydroxylation sites is 1. The SMILES string of the molecule is CCOc1ccccc1C(=O)NCC(=O)N(CC)Cc1cccs1. The lowest BCUT2D eigenvalue weighted by Gasteiger charge is -2.20. The van der Waals surface area contributed by atoms with Crippen LogP contribution in [0.2, 0.25) is 0 Å². The van der Waals surface area contributed by atoms with E-state index in [1.54, 1.807) is 34.4 Å². The molecule has 1 aromatic carbocycles. The molecule has 6 heteroatoms. The molecule has 1 N–H and O–H groups in total. The van der Waals surface area contributed by atoms with E-state index in [0.717, 1.165) is 4.88 Å². The van der Waals surface area contributed by atoms with Gasteiger partial charge in [0.1, 0.15) is 5.75 Å². The summed E-state index contributed by atoms with van der Waals surface area (Å²) in [5.74, 6) is 0.114. The van der Waals surface area contributed by atoms with Gasteiger partial charge < -0.3 is 15.0 Å². The molecule has 2 rings (SSSR count). The van der Waals surface area contributed by atoms with Crippen molar-refractivity contribution >= 4 is 23.2 Å². The monoisotopic (exact) mass is 346 g/mol. The number of likely N-dealkylation sites (N-methyl/N-ethyl adjacent to an activating group) is 1. The maximum absolute atomic E-state index is 12.3. The summed E-state index contributed by atoms with van der Waals surface area (Å²) in [5.41, 5.74) is 0.438. The Bertz CT molecular complexity index is 671.